The molecule has 1 aliphatic rings. The van der Waals surface area contributed by atoms with Crippen molar-refractivity contribution in [3.8, 4) is 22.6 Å². The third-order valence-electron chi connectivity index (χ3n) is 3.31. The Hall–Kier alpha value is -3.09. The van der Waals surface area contributed by atoms with Crippen molar-refractivity contribution < 1.29 is 23.9 Å². The van der Waals surface area contributed by atoms with Crippen LogP contribution in [0.2, 0.25) is 0 Å². The van der Waals surface area contributed by atoms with Crippen LogP contribution in [0, 0.1) is 10.1 Å². The standard InChI is InChI=1S/C15H11NO6/c1-20-15(17)11-7-14-13(21-8-22-14)6-10(11)9-4-2-3-5-12(9)16(18)19/h2-7H,8H2,1H3. The summed E-state index contributed by atoms with van der Waals surface area (Å²) in [5.74, 6) is 0.231. The van der Waals surface area contributed by atoms with E-state index in [9.17, 15) is 14.9 Å². The van der Waals surface area contributed by atoms with Crippen molar-refractivity contribution >= 4 is 11.7 Å². The highest BCUT2D eigenvalue weighted by atomic mass is 16.7. The van der Waals surface area contributed by atoms with Gasteiger partial charge in [0.15, 0.2) is 11.5 Å². The molecule has 0 aliphatic carbocycles. The summed E-state index contributed by atoms with van der Waals surface area (Å²) in [6.07, 6.45) is 0. The molecule has 0 bridgehead atoms. The lowest BCUT2D eigenvalue weighted by atomic mass is 9.97. The number of nitro groups is 1. The van der Waals surface area contributed by atoms with Gasteiger partial charge >= 0.3 is 5.97 Å². The molecule has 1 aliphatic heterocycles. The van der Waals surface area contributed by atoms with Crippen LogP contribution in [0.15, 0.2) is 36.4 Å². The minimum absolute atomic E-state index is 0.0380. The molecule has 0 saturated carbocycles. The first kappa shape index (κ1) is 13.9. The molecule has 112 valence electrons. The number of carbonyl (C=O) groups is 1. The van der Waals surface area contributed by atoms with Crippen LogP contribution in [0.25, 0.3) is 11.1 Å². The number of nitro benzene ring substituents is 1. The Balaban J connectivity index is 2.26. The van der Waals surface area contributed by atoms with E-state index in [1.54, 1.807) is 24.3 Å². The number of hydrogen-bond donors (Lipinski definition) is 0. The van der Waals surface area contributed by atoms with Crippen molar-refractivity contribution in [2.75, 3.05) is 13.9 Å². The van der Waals surface area contributed by atoms with Crippen LogP contribution < -0.4 is 9.47 Å². The molecular formula is C15H11NO6. The number of esters is 1. The smallest absolute Gasteiger partial charge is 0.338 e. The Morgan fingerprint density at radius 1 is 1.18 bits per heavy atom. The number of fused-ring (bicyclic) bond motifs is 1. The molecule has 0 N–H and O–H groups in total. The summed E-state index contributed by atoms with van der Waals surface area (Å²) in [4.78, 5) is 22.7. The predicted octanol–water partition coefficient (Wildman–Crippen LogP) is 2.78. The van der Waals surface area contributed by atoms with Crippen LogP contribution in [0.5, 0.6) is 11.5 Å². The van der Waals surface area contributed by atoms with Crippen molar-refractivity contribution in [3.63, 3.8) is 0 Å². The summed E-state index contributed by atoms with van der Waals surface area (Å²) >= 11 is 0. The van der Waals surface area contributed by atoms with Crippen LogP contribution in [-0.4, -0.2) is 24.8 Å². The highest BCUT2D eigenvalue weighted by Crippen LogP contribution is 2.41. The van der Waals surface area contributed by atoms with E-state index in [2.05, 4.69) is 0 Å². The van der Waals surface area contributed by atoms with E-state index in [1.165, 1.54) is 19.2 Å². The Kier molecular flexibility index (Phi) is 3.38. The van der Waals surface area contributed by atoms with Crippen molar-refractivity contribution in [3.05, 3.63) is 52.1 Å². The molecule has 0 unspecified atom stereocenters. The van der Waals surface area contributed by atoms with Gasteiger partial charge in [0.2, 0.25) is 6.79 Å². The van der Waals surface area contributed by atoms with Gasteiger partial charge < -0.3 is 14.2 Å². The molecule has 0 saturated heterocycles. The number of nitrogens with zero attached hydrogens (tertiary/aromatic N) is 1. The molecule has 0 spiro atoms. The number of benzene rings is 2. The molecule has 1 heterocycles. The first-order valence-electron chi connectivity index (χ1n) is 6.37. The monoisotopic (exact) mass is 301 g/mol. The minimum Gasteiger partial charge on any atom is -0.465 e. The maximum Gasteiger partial charge on any atom is 0.338 e. The Labute approximate surface area is 125 Å². The SMILES string of the molecule is COC(=O)c1cc2c(cc1-c1ccccc1[N+](=O)[O-])OCO2. The van der Waals surface area contributed by atoms with Gasteiger partial charge in [0, 0.05) is 11.6 Å². The third kappa shape index (κ3) is 2.22. The minimum atomic E-state index is -0.605. The highest BCUT2D eigenvalue weighted by Gasteiger charge is 2.25. The number of methoxy groups -OCH3 is 1. The number of hydrogen-bond acceptors (Lipinski definition) is 6. The van der Waals surface area contributed by atoms with Crippen molar-refractivity contribution in [1.29, 1.82) is 0 Å². The number of para-hydroxylation sites is 1. The van der Waals surface area contributed by atoms with Gasteiger partial charge in [0.05, 0.1) is 23.2 Å². The second-order valence-corrected chi connectivity index (χ2v) is 4.52. The fourth-order valence-corrected chi connectivity index (χ4v) is 2.30. The molecular weight excluding hydrogens is 290 g/mol. The summed E-state index contributed by atoms with van der Waals surface area (Å²) in [5, 5.41) is 11.2. The fourth-order valence-electron chi connectivity index (χ4n) is 2.30. The van der Waals surface area contributed by atoms with Crippen molar-refractivity contribution in [2.45, 2.75) is 0 Å². The van der Waals surface area contributed by atoms with Crippen LogP contribution in [0.3, 0.4) is 0 Å². The lowest BCUT2D eigenvalue weighted by Gasteiger charge is -2.10. The summed E-state index contributed by atoms with van der Waals surface area (Å²) in [7, 11) is 1.25. The van der Waals surface area contributed by atoms with Gasteiger partial charge in [-0.1, -0.05) is 12.1 Å². The Morgan fingerprint density at radius 2 is 1.86 bits per heavy atom. The molecule has 0 fully saturated rings. The molecule has 2 aromatic rings. The summed E-state index contributed by atoms with van der Waals surface area (Å²) < 4.78 is 15.3. The molecule has 0 amide bonds. The van der Waals surface area contributed by atoms with E-state index in [-0.39, 0.29) is 18.0 Å². The zero-order valence-electron chi connectivity index (χ0n) is 11.6. The average Bonchev–Trinajstić information content (AvgIpc) is 3.00. The van der Waals surface area contributed by atoms with Crippen LogP contribution in [0.4, 0.5) is 5.69 Å². The lowest BCUT2D eigenvalue weighted by Crippen LogP contribution is -2.04. The third-order valence-corrected chi connectivity index (χ3v) is 3.31. The molecule has 3 rings (SSSR count). The Morgan fingerprint density at radius 3 is 2.55 bits per heavy atom. The van der Waals surface area contributed by atoms with Crippen molar-refractivity contribution in [1.82, 2.24) is 0 Å². The summed E-state index contributed by atoms with van der Waals surface area (Å²) in [6, 6.07) is 9.20. The number of rotatable bonds is 3. The van der Waals surface area contributed by atoms with E-state index in [0.717, 1.165) is 0 Å². The predicted molar refractivity (Wildman–Crippen MR) is 76.0 cm³/mol. The van der Waals surface area contributed by atoms with Gasteiger partial charge in [-0.2, -0.15) is 0 Å². The molecule has 7 nitrogen and oxygen atoms in total. The summed E-state index contributed by atoms with van der Waals surface area (Å²) in [5.41, 5.74) is 0.752. The molecule has 22 heavy (non-hydrogen) atoms. The number of carbonyl (C=O) groups excluding carboxylic acids is 1. The van der Waals surface area contributed by atoms with Crippen LogP contribution >= 0.6 is 0 Å². The van der Waals surface area contributed by atoms with Crippen LogP contribution in [-0.2, 0) is 4.74 Å². The molecule has 7 heteroatoms. The van der Waals surface area contributed by atoms with E-state index >= 15 is 0 Å². The van der Waals surface area contributed by atoms with Crippen LogP contribution in [0.1, 0.15) is 10.4 Å². The maximum atomic E-state index is 12.0. The molecule has 0 radical (unpaired) electrons. The second kappa shape index (κ2) is 5.36. The lowest BCUT2D eigenvalue weighted by molar-refractivity contribution is -0.384. The zero-order valence-corrected chi connectivity index (χ0v) is 11.6. The molecule has 2 aromatic carbocycles. The fraction of sp³-hybridized carbons (Fsp3) is 0.133. The van der Waals surface area contributed by atoms with Gasteiger partial charge in [-0.15, -0.1) is 0 Å². The summed E-state index contributed by atoms with van der Waals surface area (Å²) in [6.45, 7) is 0.0380. The number of ether oxygens (including phenoxy) is 3. The highest BCUT2D eigenvalue weighted by molar-refractivity contribution is 5.99. The maximum absolute atomic E-state index is 12.0. The Bertz CT molecular complexity index is 771. The normalized spacial score (nSPS) is 12.0. The second-order valence-electron chi connectivity index (χ2n) is 4.52. The average molecular weight is 301 g/mol. The van der Waals surface area contributed by atoms with E-state index < -0.39 is 10.9 Å². The van der Waals surface area contributed by atoms with Gasteiger partial charge in [0.1, 0.15) is 0 Å². The molecule has 0 aromatic heterocycles. The van der Waals surface area contributed by atoms with E-state index in [0.29, 0.717) is 22.6 Å². The topological polar surface area (TPSA) is 87.9 Å². The van der Waals surface area contributed by atoms with Gasteiger partial charge in [-0.05, 0) is 18.2 Å². The first-order chi connectivity index (χ1) is 10.6. The molecule has 0 atom stereocenters. The largest absolute Gasteiger partial charge is 0.465 e. The van der Waals surface area contributed by atoms with E-state index in [4.69, 9.17) is 14.2 Å². The zero-order chi connectivity index (χ0) is 15.7. The first-order valence-corrected chi connectivity index (χ1v) is 6.37. The van der Waals surface area contributed by atoms with E-state index in [1.807, 2.05) is 0 Å². The quantitative estimate of drug-likeness (QED) is 0.492. The van der Waals surface area contributed by atoms with Gasteiger partial charge in [-0.3, -0.25) is 10.1 Å². The van der Waals surface area contributed by atoms with Crippen molar-refractivity contribution in [2.24, 2.45) is 0 Å². The van der Waals surface area contributed by atoms with Gasteiger partial charge in [-0.25, -0.2) is 4.79 Å². The van der Waals surface area contributed by atoms with Gasteiger partial charge in [0.25, 0.3) is 5.69 Å².